The molecule has 1 aromatic carbocycles. The standard InChI is InChI=1S/C18H18N4O3S/c1-11(2)9-15(23)20-12-3-5-13(6-4-12)21-16(24)14-10-19-18-22(17(14)25)7-8-26-18/h3-8,10-11H,9H2,1-2H3,(H,20,23)(H,21,24). The molecule has 0 saturated carbocycles. The number of rotatable bonds is 5. The van der Waals surface area contributed by atoms with Crippen molar-refractivity contribution in [2.24, 2.45) is 5.92 Å². The van der Waals surface area contributed by atoms with Gasteiger partial charge in [0.15, 0.2) is 4.96 Å². The summed E-state index contributed by atoms with van der Waals surface area (Å²) in [6, 6.07) is 6.72. The average Bonchev–Trinajstić information content (AvgIpc) is 3.05. The predicted octanol–water partition coefficient (Wildman–Crippen LogP) is 2.99. The minimum absolute atomic E-state index is 0.0322. The highest BCUT2D eigenvalue weighted by Crippen LogP contribution is 2.15. The zero-order valence-electron chi connectivity index (χ0n) is 14.4. The van der Waals surface area contributed by atoms with Crippen LogP contribution >= 0.6 is 11.3 Å². The van der Waals surface area contributed by atoms with E-state index >= 15 is 0 Å². The Balaban J connectivity index is 1.70. The molecule has 8 heteroatoms. The Morgan fingerprint density at radius 3 is 2.46 bits per heavy atom. The first-order chi connectivity index (χ1) is 12.4. The number of nitrogens with zero attached hydrogens (tertiary/aromatic N) is 2. The van der Waals surface area contributed by atoms with Crippen LogP contribution in [0.1, 0.15) is 30.6 Å². The second kappa shape index (κ2) is 7.49. The van der Waals surface area contributed by atoms with Crippen molar-refractivity contribution >= 4 is 39.5 Å². The first-order valence-corrected chi connectivity index (χ1v) is 8.98. The number of thiazole rings is 1. The van der Waals surface area contributed by atoms with Gasteiger partial charge in [0.25, 0.3) is 11.5 Å². The molecule has 3 aromatic rings. The fourth-order valence-corrected chi connectivity index (χ4v) is 3.07. The normalized spacial score (nSPS) is 10.9. The molecule has 0 atom stereocenters. The fourth-order valence-electron chi connectivity index (χ4n) is 2.40. The summed E-state index contributed by atoms with van der Waals surface area (Å²) in [5, 5.41) is 7.20. The SMILES string of the molecule is CC(C)CC(=O)Nc1ccc(NC(=O)c2cnc3sccn3c2=O)cc1. The van der Waals surface area contributed by atoms with Crippen molar-refractivity contribution in [3.8, 4) is 0 Å². The first kappa shape index (κ1) is 17.8. The van der Waals surface area contributed by atoms with Crippen molar-refractivity contribution in [3.63, 3.8) is 0 Å². The largest absolute Gasteiger partial charge is 0.326 e. The van der Waals surface area contributed by atoms with Crippen molar-refractivity contribution < 1.29 is 9.59 Å². The average molecular weight is 370 g/mol. The van der Waals surface area contributed by atoms with Gasteiger partial charge in [-0.1, -0.05) is 13.8 Å². The van der Waals surface area contributed by atoms with Crippen LogP contribution in [0.25, 0.3) is 4.96 Å². The molecule has 0 aliphatic heterocycles. The van der Waals surface area contributed by atoms with Crippen molar-refractivity contribution in [1.29, 1.82) is 0 Å². The van der Waals surface area contributed by atoms with Gasteiger partial charge in [-0.25, -0.2) is 4.98 Å². The van der Waals surface area contributed by atoms with Crippen LogP contribution in [-0.4, -0.2) is 21.2 Å². The van der Waals surface area contributed by atoms with Crippen molar-refractivity contribution in [2.45, 2.75) is 20.3 Å². The van der Waals surface area contributed by atoms with E-state index in [9.17, 15) is 14.4 Å². The third-order valence-electron chi connectivity index (χ3n) is 3.61. The van der Waals surface area contributed by atoms with E-state index in [1.807, 2.05) is 13.8 Å². The summed E-state index contributed by atoms with van der Waals surface area (Å²) in [5.74, 6) is -0.304. The van der Waals surface area contributed by atoms with Crippen LogP contribution in [-0.2, 0) is 4.79 Å². The maximum absolute atomic E-state index is 12.4. The van der Waals surface area contributed by atoms with Gasteiger partial charge in [-0.05, 0) is 30.2 Å². The smallest absolute Gasteiger partial charge is 0.271 e. The van der Waals surface area contributed by atoms with Crippen LogP contribution in [0.2, 0.25) is 0 Å². The molecule has 0 bridgehead atoms. The predicted molar refractivity (Wildman–Crippen MR) is 102 cm³/mol. The monoisotopic (exact) mass is 370 g/mol. The number of hydrogen-bond donors (Lipinski definition) is 2. The topological polar surface area (TPSA) is 92.6 Å². The second-order valence-corrected chi connectivity index (χ2v) is 7.08. The maximum Gasteiger partial charge on any atom is 0.271 e. The zero-order valence-corrected chi connectivity index (χ0v) is 15.2. The fraction of sp³-hybridized carbons (Fsp3) is 0.222. The molecule has 2 aromatic heterocycles. The summed E-state index contributed by atoms with van der Waals surface area (Å²) in [5.41, 5.74) is 0.725. The van der Waals surface area contributed by atoms with Gasteiger partial charge in [0.2, 0.25) is 5.91 Å². The molecule has 0 fully saturated rings. The highest BCUT2D eigenvalue weighted by atomic mass is 32.1. The Morgan fingerprint density at radius 2 is 1.81 bits per heavy atom. The number of nitrogens with one attached hydrogen (secondary N) is 2. The molecule has 0 aliphatic rings. The van der Waals surface area contributed by atoms with Gasteiger partial charge in [-0.2, -0.15) is 0 Å². The second-order valence-electron chi connectivity index (χ2n) is 6.21. The van der Waals surface area contributed by atoms with Crippen LogP contribution in [0.3, 0.4) is 0 Å². The van der Waals surface area contributed by atoms with Crippen LogP contribution in [0.5, 0.6) is 0 Å². The number of amides is 2. The van der Waals surface area contributed by atoms with Gasteiger partial charge >= 0.3 is 0 Å². The van der Waals surface area contributed by atoms with Crippen LogP contribution in [0, 0.1) is 5.92 Å². The summed E-state index contributed by atoms with van der Waals surface area (Å²) in [7, 11) is 0. The van der Waals surface area contributed by atoms with Gasteiger partial charge < -0.3 is 10.6 Å². The Hall–Kier alpha value is -3.00. The lowest BCUT2D eigenvalue weighted by molar-refractivity contribution is -0.116. The van der Waals surface area contributed by atoms with E-state index in [-0.39, 0.29) is 17.4 Å². The molecule has 134 valence electrons. The molecule has 26 heavy (non-hydrogen) atoms. The first-order valence-electron chi connectivity index (χ1n) is 8.10. The molecule has 2 heterocycles. The van der Waals surface area contributed by atoms with E-state index in [0.717, 1.165) is 0 Å². The third kappa shape index (κ3) is 3.97. The highest BCUT2D eigenvalue weighted by Gasteiger charge is 2.14. The summed E-state index contributed by atoms with van der Waals surface area (Å²) < 4.78 is 1.34. The van der Waals surface area contributed by atoms with Crippen LogP contribution < -0.4 is 16.2 Å². The number of anilines is 2. The Kier molecular flexibility index (Phi) is 5.13. The van der Waals surface area contributed by atoms with Gasteiger partial charge in [-0.3, -0.25) is 18.8 Å². The number of benzene rings is 1. The minimum atomic E-state index is -0.528. The molecule has 0 saturated heterocycles. The zero-order chi connectivity index (χ0) is 18.7. The van der Waals surface area contributed by atoms with Gasteiger partial charge in [-0.15, -0.1) is 11.3 Å². The quantitative estimate of drug-likeness (QED) is 0.722. The number of hydrogen-bond acceptors (Lipinski definition) is 5. The number of aromatic nitrogens is 2. The van der Waals surface area contributed by atoms with Crippen molar-refractivity contribution in [3.05, 3.63) is 58.0 Å². The molecule has 2 N–H and O–H groups in total. The highest BCUT2D eigenvalue weighted by molar-refractivity contribution is 7.15. The molecule has 0 unspecified atom stereocenters. The summed E-state index contributed by atoms with van der Waals surface area (Å²) in [6.07, 6.45) is 3.31. The summed E-state index contributed by atoms with van der Waals surface area (Å²) in [4.78, 5) is 41.1. The van der Waals surface area contributed by atoms with E-state index in [0.29, 0.717) is 22.8 Å². The number of carbonyl (C=O) groups is 2. The molecule has 3 rings (SSSR count). The van der Waals surface area contributed by atoms with Crippen molar-refractivity contribution in [2.75, 3.05) is 10.6 Å². The summed E-state index contributed by atoms with van der Waals surface area (Å²) in [6.45, 7) is 3.95. The lowest BCUT2D eigenvalue weighted by atomic mass is 10.1. The lowest BCUT2D eigenvalue weighted by Crippen LogP contribution is -2.25. The molecular weight excluding hydrogens is 352 g/mol. The van der Waals surface area contributed by atoms with Crippen LogP contribution in [0.4, 0.5) is 11.4 Å². The lowest BCUT2D eigenvalue weighted by Gasteiger charge is -2.09. The van der Waals surface area contributed by atoms with Gasteiger partial charge in [0, 0.05) is 35.6 Å². The third-order valence-corrected chi connectivity index (χ3v) is 4.38. The van der Waals surface area contributed by atoms with Gasteiger partial charge in [0.1, 0.15) is 5.56 Å². The van der Waals surface area contributed by atoms with Gasteiger partial charge in [0.05, 0.1) is 0 Å². The van der Waals surface area contributed by atoms with E-state index in [2.05, 4.69) is 15.6 Å². The number of fused-ring (bicyclic) bond motifs is 1. The summed E-state index contributed by atoms with van der Waals surface area (Å²) >= 11 is 1.32. The molecular formula is C18H18N4O3S. The van der Waals surface area contributed by atoms with Crippen molar-refractivity contribution in [1.82, 2.24) is 9.38 Å². The van der Waals surface area contributed by atoms with E-state index in [1.54, 1.807) is 35.8 Å². The Bertz CT molecular complexity index is 1010. The van der Waals surface area contributed by atoms with E-state index < -0.39 is 11.5 Å². The maximum atomic E-state index is 12.4. The van der Waals surface area contributed by atoms with Crippen LogP contribution in [0.15, 0.2) is 46.8 Å². The molecule has 7 nitrogen and oxygen atoms in total. The van der Waals surface area contributed by atoms with E-state index in [1.165, 1.54) is 21.9 Å². The molecule has 2 amide bonds. The van der Waals surface area contributed by atoms with E-state index in [4.69, 9.17) is 0 Å². The minimum Gasteiger partial charge on any atom is -0.326 e. The number of carbonyl (C=O) groups excluding carboxylic acids is 2. The Morgan fingerprint density at radius 1 is 1.15 bits per heavy atom. The molecule has 0 aliphatic carbocycles. The molecule has 0 radical (unpaired) electrons. The Labute approximate surface area is 153 Å². The molecule has 0 spiro atoms.